The van der Waals surface area contributed by atoms with Gasteiger partial charge in [-0.25, -0.2) is 9.67 Å². The van der Waals surface area contributed by atoms with Crippen molar-refractivity contribution in [1.82, 2.24) is 14.8 Å². The van der Waals surface area contributed by atoms with Crippen LogP contribution in [-0.4, -0.2) is 20.7 Å². The highest BCUT2D eigenvalue weighted by Gasteiger charge is 2.00. The Bertz CT molecular complexity index is 279. The molecule has 0 saturated carbocycles. The fraction of sp³-hybridized carbons (Fsp3) is 0.500. The molecule has 0 bridgehead atoms. The van der Waals surface area contributed by atoms with Crippen LogP contribution in [0.25, 0.3) is 0 Å². The molecule has 0 amide bonds. The number of hydrogen-bond acceptors (Lipinski definition) is 4. The summed E-state index contributed by atoms with van der Waals surface area (Å²) in [6, 6.07) is 0. The average Bonchev–Trinajstić information content (AvgIpc) is 2.09. The molecule has 60 valence electrons. The third-order valence-corrected chi connectivity index (χ3v) is 1.24. The fourth-order valence-electron chi connectivity index (χ4n) is 0.833. The first-order valence-corrected chi connectivity index (χ1v) is 3.17. The summed E-state index contributed by atoms with van der Waals surface area (Å²) in [7, 11) is 0. The molecule has 5 heteroatoms. The minimum Gasteiger partial charge on any atom is -0.548 e. The van der Waals surface area contributed by atoms with E-state index in [-0.39, 0.29) is 6.54 Å². The van der Waals surface area contributed by atoms with E-state index in [1.807, 2.05) is 0 Å². The van der Waals surface area contributed by atoms with E-state index in [0.717, 1.165) is 0 Å². The highest BCUT2D eigenvalue weighted by Crippen LogP contribution is 1.93. The van der Waals surface area contributed by atoms with Gasteiger partial charge in [-0.2, -0.15) is 5.10 Å². The molecule has 1 heterocycles. The van der Waals surface area contributed by atoms with E-state index in [1.165, 1.54) is 4.68 Å². The summed E-state index contributed by atoms with van der Waals surface area (Å²) >= 11 is 0. The number of carbonyl (C=O) groups is 1. The number of aromatic nitrogens is 3. The van der Waals surface area contributed by atoms with Gasteiger partial charge < -0.3 is 9.90 Å². The molecule has 1 aromatic heterocycles. The van der Waals surface area contributed by atoms with Crippen molar-refractivity contribution in [3.63, 3.8) is 0 Å². The summed E-state index contributed by atoms with van der Waals surface area (Å²) in [6.07, 6.45) is 0. The maximum Gasteiger partial charge on any atom is 0.147 e. The first-order valence-electron chi connectivity index (χ1n) is 3.17. The van der Waals surface area contributed by atoms with Crippen LogP contribution in [0, 0.1) is 13.8 Å². The van der Waals surface area contributed by atoms with Crippen molar-refractivity contribution in [3.05, 3.63) is 11.6 Å². The van der Waals surface area contributed by atoms with Crippen LogP contribution in [0.1, 0.15) is 11.6 Å². The summed E-state index contributed by atoms with van der Waals surface area (Å²) in [5, 5.41) is 14.0. The molecule has 11 heavy (non-hydrogen) atoms. The van der Waals surface area contributed by atoms with Gasteiger partial charge in [-0.1, -0.05) is 0 Å². The van der Waals surface area contributed by atoms with Crippen LogP contribution >= 0.6 is 0 Å². The summed E-state index contributed by atoms with van der Waals surface area (Å²) in [5.41, 5.74) is 0. The zero-order valence-corrected chi connectivity index (χ0v) is 6.37. The highest BCUT2D eigenvalue weighted by molar-refractivity contribution is 5.63. The van der Waals surface area contributed by atoms with Gasteiger partial charge in [0.05, 0.1) is 12.5 Å². The molecule has 0 saturated heterocycles. The smallest absolute Gasteiger partial charge is 0.147 e. The number of carbonyl (C=O) groups excluding carboxylic acids is 1. The summed E-state index contributed by atoms with van der Waals surface area (Å²) in [6.45, 7) is 3.17. The number of aliphatic carboxylic acids is 1. The van der Waals surface area contributed by atoms with Crippen molar-refractivity contribution in [1.29, 1.82) is 0 Å². The largest absolute Gasteiger partial charge is 0.548 e. The van der Waals surface area contributed by atoms with Crippen molar-refractivity contribution < 1.29 is 9.90 Å². The van der Waals surface area contributed by atoms with Gasteiger partial charge in [-0.05, 0) is 13.8 Å². The van der Waals surface area contributed by atoms with Crippen molar-refractivity contribution in [2.24, 2.45) is 0 Å². The van der Waals surface area contributed by atoms with Gasteiger partial charge in [-0.3, -0.25) is 0 Å². The SMILES string of the molecule is Cc1nc(C)n(CC(=O)[O-])n1. The van der Waals surface area contributed by atoms with Gasteiger partial charge in [0.15, 0.2) is 0 Å². The molecule has 5 nitrogen and oxygen atoms in total. The normalized spacial score (nSPS) is 10.0. The van der Waals surface area contributed by atoms with Crippen molar-refractivity contribution in [3.8, 4) is 0 Å². The Balaban J connectivity index is 2.85. The number of carboxylic acids is 1. The predicted molar refractivity (Wildman–Crippen MR) is 34.5 cm³/mol. The summed E-state index contributed by atoms with van der Waals surface area (Å²) in [4.78, 5) is 14.1. The highest BCUT2D eigenvalue weighted by atomic mass is 16.4. The summed E-state index contributed by atoms with van der Waals surface area (Å²) < 4.78 is 1.30. The van der Waals surface area contributed by atoms with E-state index in [1.54, 1.807) is 13.8 Å². The Morgan fingerprint density at radius 1 is 1.64 bits per heavy atom. The van der Waals surface area contributed by atoms with Gasteiger partial charge >= 0.3 is 0 Å². The number of aryl methyl sites for hydroxylation is 2. The second kappa shape index (κ2) is 2.69. The maximum absolute atomic E-state index is 10.1. The topological polar surface area (TPSA) is 70.8 Å². The lowest BCUT2D eigenvalue weighted by molar-refractivity contribution is -0.306. The Hall–Kier alpha value is -1.39. The van der Waals surface area contributed by atoms with Crippen LogP contribution in [-0.2, 0) is 11.3 Å². The van der Waals surface area contributed by atoms with E-state index in [9.17, 15) is 9.90 Å². The molecule has 0 spiro atoms. The lowest BCUT2D eigenvalue weighted by Crippen LogP contribution is -2.28. The Labute approximate surface area is 63.7 Å². The van der Waals surface area contributed by atoms with Gasteiger partial charge in [-0.15, -0.1) is 0 Å². The average molecular weight is 154 g/mol. The minimum absolute atomic E-state index is 0.229. The quantitative estimate of drug-likeness (QED) is 0.527. The zero-order chi connectivity index (χ0) is 8.43. The lowest BCUT2D eigenvalue weighted by Gasteiger charge is -2.01. The third kappa shape index (κ3) is 1.76. The van der Waals surface area contributed by atoms with Crippen molar-refractivity contribution >= 4 is 5.97 Å². The molecule has 0 aliphatic carbocycles. The molecule has 0 atom stereocenters. The number of rotatable bonds is 2. The van der Waals surface area contributed by atoms with Crippen LogP contribution in [0.4, 0.5) is 0 Å². The first kappa shape index (κ1) is 7.71. The van der Waals surface area contributed by atoms with Crippen molar-refractivity contribution in [2.75, 3.05) is 0 Å². The Morgan fingerprint density at radius 2 is 2.27 bits per heavy atom. The van der Waals surface area contributed by atoms with Crippen LogP contribution in [0.3, 0.4) is 0 Å². The van der Waals surface area contributed by atoms with E-state index in [2.05, 4.69) is 10.1 Å². The summed E-state index contributed by atoms with van der Waals surface area (Å²) in [5.74, 6) is 0.00782. The second-order valence-corrected chi connectivity index (χ2v) is 2.24. The molecule has 0 radical (unpaired) electrons. The van der Waals surface area contributed by atoms with E-state index in [0.29, 0.717) is 11.6 Å². The molecule has 0 unspecified atom stereocenters. The number of hydrogen-bond donors (Lipinski definition) is 0. The van der Waals surface area contributed by atoms with Gasteiger partial charge in [0.2, 0.25) is 0 Å². The standard InChI is InChI=1S/C6H9N3O2/c1-4-7-5(2)9(8-4)3-6(10)11/h3H2,1-2H3,(H,10,11)/p-1. The third-order valence-electron chi connectivity index (χ3n) is 1.24. The van der Waals surface area contributed by atoms with Crippen LogP contribution in [0.15, 0.2) is 0 Å². The Kier molecular flexibility index (Phi) is 1.89. The predicted octanol–water partition coefficient (Wildman–Crippen LogP) is -1.36. The van der Waals surface area contributed by atoms with E-state index in [4.69, 9.17) is 0 Å². The molecular weight excluding hydrogens is 146 g/mol. The molecule has 0 aliphatic heterocycles. The molecule has 1 aromatic rings. The second-order valence-electron chi connectivity index (χ2n) is 2.24. The van der Waals surface area contributed by atoms with Crippen molar-refractivity contribution in [2.45, 2.75) is 20.4 Å². The first-order chi connectivity index (χ1) is 5.09. The molecule has 0 N–H and O–H groups in total. The van der Waals surface area contributed by atoms with Crippen LogP contribution in [0.2, 0.25) is 0 Å². The van der Waals surface area contributed by atoms with Gasteiger partial charge in [0, 0.05) is 0 Å². The number of nitrogens with zero attached hydrogens (tertiary/aromatic N) is 3. The monoisotopic (exact) mass is 154 g/mol. The van der Waals surface area contributed by atoms with Crippen LogP contribution in [0.5, 0.6) is 0 Å². The maximum atomic E-state index is 10.1. The molecule has 0 aromatic carbocycles. The Morgan fingerprint density at radius 3 is 2.64 bits per heavy atom. The van der Waals surface area contributed by atoms with Crippen LogP contribution < -0.4 is 5.11 Å². The number of carboxylic acid groups (broad SMARTS) is 1. The zero-order valence-electron chi connectivity index (χ0n) is 6.37. The molecule has 0 aliphatic rings. The molecule has 1 rings (SSSR count). The molecular formula is C6H8N3O2-. The fourth-order valence-corrected chi connectivity index (χ4v) is 0.833. The lowest BCUT2D eigenvalue weighted by atomic mass is 10.6. The molecule has 0 fully saturated rings. The van der Waals surface area contributed by atoms with Gasteiger partial charge in [0.25, 0.3) is 0 Å². The van der Waals surface area contributed by atoms with E-state index >= 15 is 0 Å². The van der Waals surface area contributed by atoms with Gasteiger partial charge in [0.1, 0.15) is 11.6 Å². The van der Waals surface area contributed by atoms with E-state index < -0.39 is 5.97 Å². The minimum atomic E-state index is -1.15.